The number of nitrogens with one attached hydrogen (secondary N) is 1. The van der Waals surface area contributed by atoms with Crippen molar-refractivity contribution in [1.29, 1.82) is 0 Å². The Morgan fingerprint density at radius 3 is 2.19 bits per heavy atom. The summed E-state index contributed by atoms with van der Waals surface area (Å²) in [7, 11) is -1.24. The highest BCUT2D eigenvalue weighted by Gasteiger charge is 2.40. The number of ether oxygens (including phenoxy) is 4. The maximum absolute atomic E-state index is 14.0. The maximum Gasteiger partial charge on any atom is 0.518 e. The van der Waals surface area contributed by atoms with E-state index in [4.69, 9.17) is 28.5 Å². The van der Waals surface area contributed by atoms with Gasteiger partial charge in [0.05, 0.1) is 12.7 Å². The second kappa shape index (κ2) is 20.5. The molecule has 288 valence electrons. The second-order valence-corrected chi connectivity index (χ2v) is 13.5. The number of aromatic nitrogens is 2. The fraction of sp³-hybridized carbons (Fsp3) is 0.571. The van der Waals surface area contributed by atoms with Gasteiger partial charge in [0, 0.05) is 70.8 Å². The Balaban J connectivity index is 1.58. The summed E-state index contributed by atoms with van der Waals surface area (Å²) in [6.07, 6.45) is 1.13. The highest BCUT2D eigenvalue weighted by molar-refractivity contribution is 7.39. The smallest absolute Gasteiger partial charge is 0.449 e. The van der Waals surface area contributed by atoms with Gasteiger partial charge in [-0.1, -0.05) is 62.0 Å². The molecule has 0 radical (unpaired) electrons. The van der Waals surface area contributed by atoms with Crippen molar-refractivity contribution in [3.05, 3.63) is 42.1 Å². The van der Waals surface area contributed by atoms with Gasteiger partial charge in [-0.15, -0.1) is 0 Å². The number of unbranched alkanes of at least 4 members (excludes halogenated alkanes) is 1. The van der Waals surface area contributed by atoms with Gasteiger partial charge in [-0.25, -0.2) is 14.8 Å². The van der Waals surface area contributed by atoms with E-state index in [0.717, 1.165) is 19.3 Å². The molecule has 3 amide bonds. The van der Waals surface area contributed by atoms with Crippen LogP contribution in [0.4, 0.5) is 10.6 Å². The van der Waals surface area contributed by atoms with Crippen LogP contribution in [0.1, 0.15) is 63.4 Å². The first-order valence-corrected chi connectivity index (χ1v) is 19.1. The third kappa shape index (κ3) is 12.2. The van der Waals surface area contributed by atoms with Crippen molar-refractivity contribution in [2.75, 3.05) is 64.0 Å². The van der Waals surface area contributed by atoms with Crippen LogP contribution in [0.2, 0.25) is 0 Å². The van der Waals surface area contributed by atoms with Gasteiger partial charge in [0.1, 0.15) is 11.5 Å². The number of carbonyl (C=O) groups is 5. The van der Waals surface area contributed by atoms with E-state index in [9.17, 15) is 28.5 Å². The van der Waals surface area contributed by atoms with Crippen LogP contribution in [-0.2, 0) is 42.4 Å². The average Bonchev–Trinajstić information content (AvgIpc) is 3.67. The lowest BCUT2D eigenvalue weighted by atomic mass is 10.2. The molecular weight excluding hydrogens is 711 g/mol. The molecule has 17 nitrogen and oxygen atoms in total. The highest BCUT2D eigenvalue weighted by atomic mass is 31.1. The Labute approximate surface area is 309 Å². The molecule has 0 bridgehead atoms. The molecule has 53 heavy (non-hydrogen) atoms. The van der Waals surface area contributed by atoms with Crippen LogP contribution >= 0.6 is 8.03 Å². The van der Waals surface area contributed by atoms with Gasteiger partial charge in [0.2, 0.25) is 12.1 Å². The minimum atomic E-state index is -2.88. The number of nitrogens with zero attached hydrogens (tertiary/aromatic N) is 5. The van der Waals surface area contributed by atoms with Crippen LogP contribution in [0.15, 0.2) is 36.4 Å². The fourth-order valence-electron chi connectivity index (χ4n) is 5.44. The number of anilines is 1. The number of hydrogen-bond acceptors (Lipinski definition) is 14. The number of esters is 2. The van der Waals surface area contributed by atoms with E-state index in [1.807, 2.05) is 42.2 Å². The number of carbonyl (C=O) groups excluding carboxylic acids is 5. The minimum Gasteiger partial charge on any atom is -0.449 e. The summed E-state index contributed by atoms with van der Waals surface area (Å²) in [5.41, 5.74) is 0.616. The summed E-state index contributed by atoms with van der Waals surface area (Å²) < 4.78 is 39.6. The fourth-order valence-corrected chi connectivity index (χ4v) is 6.35. The molecule has 2 aromatic rings. The number of hydrogen-bond donors (Lipinski definition) is 1. The Morgan fingerprint density at radius 2 is 1.58 bits per heavy atom. The zero-order valence-corrected chi connectivity index (χ0v) is 31.5. The highest BCUT2D eigenvalue weighted by Crippen LogP contribution is 2.29. The minimum absolute atomic E-state index is 0.0172. The van der Waals surface area contributed by atoms with Crippen LogP contribution < -0.4 is 10.2 Å². The lowest BCUT2D eigenvalue weighted by molar-refractivity contribution is -0.233. The van der Waals surface area contributed by atoms with Gasteiger partial charge >= 0.3 is 32.5 Å². The Hall–Kier alpha value is -4.73. The molecule has 2 aliphatic rings. The van der Waals surface area contributed by atoms with E-state index in [0.29, 0.717) is 31.1 Å². The number of benzene rings is 1. The monoisotopic (exact) mass is 759 g/mol. The molecule has 3 heterocycles. The van der Waals surface area contributed by atoms with E-state index >= 15 is 0 Å². The Morgan fingerprint density at radius 1 is 0.925 bits per heavy atom. The zero-order chi connectivity index (χ0) is 38.3. The average molecular weight is 760 g/mol. The molecule has 0 spiro atoms. The van der Waals surface area contributed by atoms with Crippen LogP contribution in [0.3, 0.4) is 0 Å². The molecule has 1 aromatic carbocycles. The normalized spacial score (nSPS) is 16.6. The van der Waals surface area contributed by atoms with Gasteiger partial charge in [-0.2, -0.15) is 0 Å². The molecule has 2 aliphatic heterocycles. The van der Waals surface area contributed by atoms with Crippen molar-refractivity contribution in [3.63, 3.8) is 0 Å². The molecule has 18 heteroatoms. The van der Waals surface area contributed by atoms with E-state index in [1.165, 1.54) is 29.7 Å². The van der Waals surface area contributed by atoms with Crippen molar-refractivity contribution in [2.45, 2.75) is 71.5 Å². The summed E-state index contributed by atoms with van der Waals surface area (Å²) in [5.74, 6) is -2.14. The van der Waals surface area contributed by atoms with Gasteiger partial charge in [-0.05, 0) is 17.4 Å². The summed E-state index contributed by atoms with van der Waals surface area (Å²) in [6, 6.07) is 9.19. The summed E-state index contributed by atoms with van der Waals surface area (Å²) >= 11 is 0. The van der Waals surface area contributed by atoms with Gasteiger partial charge in [0.25, 0.3) is 5.91 Å². The summed E-state index contributed by atoms with van der Waals surface area (Å²) in [4.78, 5) is 78.7. The molecule has 2 saturated heterocycles. The number of amides is 3. The van der Waals surface area contributed by atoms with E-state index in [2.05, 4.69) is 10.3 Å². The first-order valence-electron chi connectivity index (χ1n) is 17.8. The molecular formula is C35H48N6O11P+. The number of rotatable bonds is 17. The van der Waals surface area contributed by atoms with E-state index in [1.54, 1.807) is 7.11 Å². The van der Waals surface area contributed by atoms with Gasteiger partial charge < -0.3 is 39.0 Å². The van der Waals surface area contributed by atoms with E-state index in [-0.39, 0.29) is 56.6 Å². The molecule has 1 N–H and O–H groups in total. The largest absolute Gasteiger partial charge is 0.518 e. The topological polar surface area (TPSA) is 196 Å². The molecule has 1 unspecified atom stereocenters. The standard InChI is InChI=1S/C35H47N6O11P/c1-5-8-20-49-34(46)40-18-16-39(17-19-40)33(45)27(23-53(47)52-35(50-29(42)6-2)51-30(43)7-3)37-32(44)26-21-28(41-15-14-25(22-41)48-4)38-31(36-26)24-12-10-9-11-13-24/h9-13,21,25,27,35H,5-8,14-20,22-23H2,1-4H3/p+1/t25-,27-/m0/s1. The van der Waals surface area contributed by atoms with Gasteiger partial charge in [0.15, 0.2) is 11.9 Å². The summed E-state index contributed by atoms with van der Waals surface area (Å²) in [5, 5.41) is 2.68. The maximum atomic E-state index is 14.0. The molecule has 0 saturated carbocycles. The lowest BCUT2D eigenvalue weighted by Crippen LogP contribution is -2.56. The van der Waals surface area contributed by atoms with Crippen molar-refractivity contribution >= 4 is 43.7 Å². The molecule has 0 aliphatic carbocycles. The van der Waals surface area contributed by atoms with Crippen molar-refractivity contribution in [1.82, 2.24) is 25.1 Å². The zero-order valence-electron chi connectivity index (χ0n) is 30.6. The predicted octanol–water partition coefficient (Wildman–Crippen LogP) is 3.50. The van der Waals surface area contributed by atoms with Crippen LogP contribution in [0.5, 0.6) is 0 Å². The second-order valence-electron chi connectivity index (χ2n) is 12.3. The third-order valence-corrected chi connectivity index (χ3v) is 9.59. The van der Waals surface area contributed by atoms with E-state index < -0.39 is 56.6 Å². The summed E-state index contributed by atoms with van der Waals surface area (Å²) in [6.45, 7) is 5.13. The van der Waals surface area contributed by atoms with Crippen LogP contribution in [0.25, 0.3) is 11.4 Å². The van der Waals surface area contributed by atoms with Crippen molar-refractivity contribution in [3.8, 4) is 11.4 Å². The molecule has 4 rings (SSSR count). The van der Waals surface area contributed by atoms with Crippen LogP contribution in [0, 0.1) is 0 Å². The molecule has 2 fully saturated rings. The predicted molar refractivity (Wildman–Crippen MR) is 191 cm³/mol. The Bertz CT molecular complexity index is 1570. The Kier molecular flexibility index (Phi) is 15.9. The van der Waals surface area contributed by atoms with Crippen molar-refractivity contribution in [2.24, 2.45) is 0 Å². The van der Waals surface area contributed by atoms with Gasteiger partial charge in [-0.3, -0.25) is 19.2 Å². The molecule has 3 atom stereocenters. The first kappa shape index (κ1) is 41.0. The number of methoxy groups -OCH3 is 1. The third-order valence-electron chi connectivity index (χ3n) is 8.52. The quantitative estimate of drug-likeness (QED) is 0.107. The van der Waals surface area contributed by atoms with Crippen LogP contribution in [-0.4, -0.2) is 127 Å². The first-order chi connectivity index (χ1) is 25.5. The molecule has 1 aromatic heterocycles. The lowest BCUT2D eigenvalue weighted by Gasteiger charge is -2.35. The van der Waals surface area contributed by atoms with Crippen molar-refractivity contribution < 1.29 is 52.0 Å². The SMILES string of the molecule is CCCCOC(=O)N1CCN(C(=O)[C@H](C[P+](=O)OC(OC(=O)CC)OC(=O)CC)NC(=O)c2cc(N3CC[C@H](OC)C3)nc(-c3ccccc3)n2)CC1. The number of piperazine rings is 1.